The Labute approximate surface area is 203 Å². The minimum Gasteiger partial charge on any atom is -0.494 e. The molecule has 3 aromatic carbocycles. The van der Waals surface area contributed by atoms with Crippen LogP contribution in [-0.2, 0) is 25.0 Å². The summed E-state index contributed by atoms with van der Waals surface area (Å²) in [6.07, 6.45) is 9.93. The first-order valence-corrected chi connectivity index (χ1v) is 12.3. The van der Waals surface area contributed by atoms with E-state index in [-0.39, 0.29) is 0 Å². The number of aromatic nitrogens is 2. The average Bonchev–Trinajstić information content (AvgIpc) is 3.41. The zero-order valence-corrected chi connectivity index (χ0v) is 20.3. The van der Waals surface area contributed by atoms with Gasteiger partial charge in [-0.2, -0.15) is 0 Å². The van der Waals surface area contributed by atoms with Gasteiger partial charge >= 0.3 is 0 Å². The van der Waals surface area contributed by atoms with E-state index in [1.165, 1.54) is 35.1 Å². The lowest BCUT2D eigenvalue weighted by Crippen LogP contribution is -2.46. The predicted octanol–water partition coefficient (Wildman–Crippen LogP) is 6.36. The normalized spacial score (nSPS) is 12.9. The van der Waals surface area contributed by atoms with Crippen molar-refractivity contribution < 1.29 is 4.74 Å². The summed E-state index contributed by atoms with van der Waals surface area (Å²) in [5, 5.41) is 3.97. The Kier molecular flexibility index (Phi) is 8.16. The Morgan fingerprint density at radius 1 is 0.912 bits per heavy atom. The van der Waals surface area contributed by atoms with E-state index in [9.17, 15) is 0 Å². The SMILES string of the molecule is CCCCc1ccccc1C(Cc1ccc(OCC)cc1)(NCn1ccnc1)c1ccccc1. The molecule has 34 heavy (non-hydrogen) atoms. The molecule has 0 aliphatic rings. The molecule has 4 rings (SSSR count). The highest BCUT2D eigenvalue weighted by atomic mass is 16.5. The fourth-order valence-corrected chi connectivity index (χ4v) is 4.64. The number of hydrogen-bond donors (Lipinski definition) is 1. The molecule has 4 heteroatoms. The number of imidazole rings is 1. The van der Waals surface area contributed by atoms with Gasteiger partial charge in [0, 0.05) is 12.4 Å². The second-order valence-corrected chi connectivity index (χ2v) is 8.70. The van der Waals surface area contributed by atoms with Crippen LogP contribution in [0.25, 0.3) is 0 Å². The number of nitrogens with one attached hydrogen (secondary N) is 1. The molecule has 0 radical (unpaired) electrons. The monoisotopic (exact) mass is 453 g/mol. The first kappa shape index (κ1) is 23.8. The summed E-state index contributed by atoms with van der Waals surface area (Å²) >= 11 is 0. The maximum atomic E-state index is 5.69. The van der Waals surface area contributed by atoms with Crippen molar-refractivity contribution in [2.24, 2.45) is 0 Å². The van der Waals surface area contributed by atoms with Crippen molar-refractivity contribution >= 4 is 0 Å². The van der Waals surface area contributed by atoms with Crippen molar-refractivity contribution in [2.45, 2.75) is 51.7 Å². The Balaban J connectivity index is 1.83. The number of benzene rings is 3. The Hall–Kier alpha value is -3.37. The average molecular weight is 454 g/mol. The molecule has 0 spiro atoms. The van der Waals surface area contributed by atoms with E-state index in [0.717, 1.165) is 18.6 Å². The van der Waals surface area contributed by atoms with Gasteiger partial charge in [-0.25, -0.2) is 4.98 Å². The maximum absolute atomic E-state index is 5.69. The Morgan fingerprint density at radius 3 is 2.38 bits per heavy atom. The highest BCUT2D eigenvalue weighted by molar-refractivity contribution is 5.45. The van der Waals surface area contributed by atoms with E-state index >= 15 is 0 Å². The van der Waals surface area contributed by atoms with Gasteiger partial charge < -0.3 is 9.30 Å². The zero-order valence-electron chi connectivity index (χ0n) is 20.3. The van der Waals surface area contributed by atoms with Crippen LogP contribution in [0.1, 0.15) is 48.9 Å². The predicted molar refractivity (Wildman–Crippen MR) is 139 cm³/mol. The molecule has 4 nitrogen and oxygen atoms in total. The Morgan fingerprint density at radius 2 is 1.68 bits per heavy atom. The van der Waals surface area contributed by atoms with Crippen LogP contribution in [0.15, 0.2) is 97.6 Å². The van der Waals surface area contributed by atoms with Crippen molar-refractivity contribution in [3.05, 3.63) is 120 Å². The maximum Gasteiger partial charge on any atom is 0.119 e. The molecule has 0 aliphatic heterocycles. The highest BCUT2D eigenvalue weighted by Crippen LogP contribution is 2.36. The minimum absolute atomic E-state index is 0.400. The van der Waals surface area contributed by atoms with E-state index in [4.69, 9.17) is 4.74 Å². The van der Waals surface area contributed by atoms with Crippen LogP contribution in [0, 0.1) is 0 Å². The largest absolute Gasteiger partial charge is 0.494 e. The van der Waals surface area contributed by atoms with Crippen molar-refractivity contribution in [1.82, 2.24) is 14.9 Å². The van der Waals surface area contributed by atoms with E-state index < -0.39 is 5.54 Å². The molecular weight excluding hydrogens is 418 g/mol. The highest BCUT2D eigenvalue weighted by Gasteiger charge is 2.36. The summed E-state index contributed by atoms with van der Waals surface area (Å²) in [6, 6.07) is 28.3. The van der Waals surface area contributed by atoms with E-state index in [1.54, 1.807) is 0 Å². The van der Waals surface area contributed by atoms with Crippen LogP contribution in [-0.4, -0.2) is 16.2 Å². The first-order chi connectivity index (χ1) is 16.7. The summed E-state index contributed by atoms with van der Waals surface area (Å²) in [7, 11) is 0. The summed E-state index contributed by atoms with van der Waals surface area (Å²) in [6.45, 7) is 5.60. The van der Waals surface area contributed by atoms with Gasteiger partial charge in [0.15, 0.2) is 0 Å². The third kappa shape index (κ3) is 5.57. The number of ether oxygens (including phenoxy) is 1. The summed E-state index contributed by atoms with van der Waals surface area (Å²) in [4.78, 5) is 4.25. The van der Waals surface area contributed by atoms with Crippen LogP contribution in [0.3, 0.4) is 0 Å². The number of rotatable bonds is 12. The second kappa shape index (κ2) is 11.7. The molecule has 1 heterocycles. The van der Waals surface area contributed by atoms with Crippen molar-refractivity contribution in [1.29, 1.82) is 0 Å². The van der Waals surface area contributed by atoms with E-state index in [0.29, 0.717) is 13.3 Å². The molecule has 1 unspecified atom stereocenters. The third-order valence-corrected chi connectivity index (χ3v) is 6.37. The zero-order chi connectivity index (χ0) is 23.6. The number of hydrogen-bond acceptors (Lipinski definition) is 3. The van der Waals surface area contributed by atoms with Crippen LogP contribution in [0.2, 0.25) is 0 Å². The van der Waals surface area contributed by atoms with Gasteiger partial charge in [0.05, 0.1) is 25.1 Å². The summed E-state index contributed by atoms with van der Waals surface area (Å²) in [5.41, 5.74) is 4.85. The topological polar surface area (TPSA) is 39.1 Å². The van der Waals surface area contributed by atoms with Crippen LogP contribution in [0.4, 0.5) is 0 Å². The summed E-state index contributed by atoms with van der Waals surface area (Å²) < 4.78 is 7.78. The van der Waals surface area contributed by atoms with Crippen molar-refractivity contribution in [3.8, 4) is 5.75 Å². The molecule has 1 atom stereocenters. The first-order valence-electron chi connectivity index (χ1n) is 12.3. The lowest BCUT2D eigenvalue weighted by atomic mass is 9.75. The smallest absolute Gasteiger partial charge is 0.119 e. The van der Waals surface area contributed by atoms with Gasteiger partial charge in [0.1, 0.15) is 5.75 Å². The Bertz CT molecular complexity index is 1120. The fourth-order valence-electron chi connectivity index (χ4n) is 4.64. The quantitative estimate of drug-likeness (QED) is 0.271. The molecule has 176 valence electrons. The number of nitrogens with zero attached hydrogens (tertiary/aromatic N) is 2. The molecule has 0 saturated carbocycles. The van der Waals surface area contributed by atoms with Crippen LogP contribution >= 0.6 is 0 Å². The van der Waals surface area contributed by atoms with Crippen LogP contribution < -0.4 is 10.1 Å². The molecule has 0 aliphatic carbocycles. The van der Waals surface area contributed by atoms with Gasteiger partial charge in [-0.05, 0) is 60.6 Å². The summed E-state index contributed by atoms with van der Waals surface area (Å²) in [5.74, 6) is 0.909. The van der Waals surface area contributed by atoms with E-state index in [1.807, 2.05) is 25.6 Å². The van der Waals surface area contributed by atoms with E-state index in [2.05, 4.69) is 101 Å². The van der Waals surface area contributed by atoms with Crippen LogP contribution in [0.5, 0.6) is 5.75 Å². The van der Waals surface area contributed by atoms with Gasteiger partial charge in [0.25, 0.3) is 0 Å². The molecule has 0 saturated heterocycles. The minimum atomic E-state index is -0.400. The van der Waals surface area contributed by atoms with Gasteiger partial charge in [-0.3, -0.25) is 5.32 Å². The molecular formula is C30H35N3O. The molecule has 4 aromatic rings. The third-order valence-electron chi connectivity index (χ3n) is 6.37. The molecule has 0 bridgehead atoms. The fraction of sp³-hybridized carbons (Fsp3) is 0.300. The molecule has 1 aromatic heterocycles. The molecule has 0 fully saturated rings. The lowest BCUT2D eigenvalue weighted by Gasteiger charge is -2.38. The second-order valence-electron chi connectivity index (χ2n) is 8.70. The number of unbranched alkanes of at least 4 members (excludes halogenated alkanes) is 1. The van der Waals surface area contributed by atoms with Gasteiger partial charge in [0.2, 0.25) is 0 Å². The lowest BCUT2D eigenvalue weighted by molar-refractivity contribution is 0.339. The molecule has 0 amide bonds. The standard InChI is InChI=1S/C30H35N3O/c1-3-5-11-26-12-9-10-15-29(26)30(27-13-7-6-8-14-27,32-24-33-21-20-31-23-33)22-25-16-18-28(19-17-25)34-4-2/h6-10,12-21,23,32H,3-5,11,22,24H2,1-2H3. The molecule has 1 N–H and O–H groups in total. The van der Waals surface area contributed by atoms with Gasteiger partial charge in [-0.15, -0.1) is 0 Å². The van der Waals surface area contributed by atoms with Gasteiger partial charge in [-0.1, -0.05) is 80.1 Å². The van der Waals surface area contributed by atoms with Crippen molar-refractivity contribution in [2.75, 3.05) is 6.61 Å². The van der Waals surface area contributed by atoms with Crippen molar-refractivity contribution in [3.63, 3.8) is 0 Å². The number of aryl methyl sites for hydroxylation is 1.